The van der Waals surface area contributed by atoms with Gasteiger partial charge in [-0.2, -0.15) is 0 Å². The number of amides is 1. The molecule has 7 atom stereocenters. The van der Waals surface area contributed by atoms with Crippen LogP contribution in [0.25, 0.3) is 5.57 Å². The van der Waals surface area contributed by atoms with Crippen LogP contribution in [-0.4, -0.2) is 16.9 Å². The largest absolute Gasteiger partial charge is 0.353 e. The predicted molar refractivity (Wildman–Crippen MR) is 110 cm³/mol. The third-order valence-electron chi connectivity index (χ3n) is 10.2. The quantitative estimate of drug-likeness (QED) is 0.750. The van der Waals surface area contributed by atoms with Crippen LogP contribution >= 0.6 is 0 Å². The van der Waals surface area contributed by atoms with Gasteiger partial charge in [-0.25, -0.2) is 0 Å². The number of nitrogens with zero attached hydrogens (tertiary/aromatic N) is 1. The molecule has 1 N–H and O–H groups in total. The van der Waals surface area contributed by atoms with Crippen molar-refractivity contribution < 1.29 is 4.79 Å². The minimum Gasteiger partial charge on any atom is -0.353 e. The number of carbonyl (C=O) groups is 1. The predicted octanol–water partition coefficient (Wildman–Crippen LogP) is 4.99. The Kier molecular flexibility index (Phi) is 3.38. The summed E-state index contributed by atoms with van der Waals surface area (Å²) in [5.74, 6) is 2.67. The van der Waals surface area contributed by atoms with E-state index in [0.717, 1.165) is 30.6 Å². The van der Waals surface area contributed by atoms with Gasteiger partial charge in [0, 0.05) is 24.9 Å². The van der Waals surface area contributed by atoms with Gasteiger partial charge in [-0.05, 0) is 96.1 Å². The van der Waals surface area contributed by atoms with Crippen molar-refractivity contribution in [3.8, 4) is 0 Å². The first kappa shape index (κ1) is 17.2. The van der Waals surface area contributed by atoms with Gasteiger partial charge in [-0.1, -0.05) is 26.0 Å². The van der Waals surface area contributed by atoms with E-state index in [9.17, 15) is 4.79 Å². The molecular formula is C25H32N2O. The Hall–Kier alpha value is -1.64. The summed E-state index contributed by atoms with van der Waals surface area (Å²) in [5.41, 5.74) is 3.93. The summed E-state index contributed by atoms with van der Waals surface area (Å²) in [6.07, 6.45) is 16.1. The van der Waals surface area contributed by atoms with Gasteiger partial charge >= 0.3 is 0 Å². The second kappa shape index (κ2) is 5.49. The van der Waals surface area contributed by atoms with Crippen LogP contribution in [0.1, 0.15) is 70.8 Å². The second-order valence-corrected chi connectivity index (χ2v) is 10.9. The number of carbonyl (C=O) groups excluding carboxylic acids is 1. The Morgan fingerprint density at radius 3 is 2.86 bits per heavy atom. The molecule has 1 aromatic heterocycles. The molecule has 28 heavy (non-hydrogen) atoms. The Balaban J connectivity index is 1.34. The topological polar surface area (TPSA) is 42.0 Å². The smallest absolute Gasteiger partial charge is 0.220 e. The number of fused-ring (bicyclic) bond motifs is 4. The van der Waals surface area contributed by atoms with Crippen molar-refractivity contribution in [3.63, 3.8) is 0 Å². The first-order valence-corrected chi connectivity index (χ1v) is 11.4. The minimum absolute atomic E-state index is 0.298. The van der Waals surface area contributed by atoms with Gasteiger partial charge in [0.25, 0.3) is 0 Å². The van der Waals surface area contributed by atoms with Gasteiger partial charge in [0.2, 0.25) is 5.91 Å². The van der Waals surface area contributed by atoms with Crippen molar-refractivity contribution in [1.82, 2.24) is 10.3 Å². The molecule has 0 radical (unpaired) electrons. The molecule has 3 nitrogen and oxygen atoms in total. The fourth-order valence-electron chi connectivity index (χ4n) is 8.57. The molecular weight excluding hydrogens is 344 g/mol. The monoisotopic (exact) mass is 376 g/mol. The van der Waals surface area contributed by atoms with Crippen LogP contribution in [0.3, 0.4) is 0 Å². The molecule has 4 aliphatic carbocycles. The third kappa shape index (κ3) is 2.01. The van der Waals surface area contributed by atoms with Crippen molar-refractivity contribution >= 4 is 11.5 Å². The van der Waals surface area contributed by atoms with Crippen molar-refractivity contribution in [1.29, 1.82) is 0 Å². The summed E-state index contributed by atoms with van der Waals surface area (Å²) < 4.78 is 0. The molecule has 0 aromatic carbocycles. The van der Waals surface area contributed by atoms with E-state index in [1.165, 1.54) is 44.1 Å². The lowest BCUT2D eigenvalue weighted by molar-refractivity contribution is -0.122. The first-order valence-electron chi connectivity index (χ1n) is 11.4. The Morgan fingerprint density at radius 2 is 2.04 bits per heavy atom. The highest BCUT2D eigenvalue weighted by Gasteiger charge is 2.71. The first-order chi connectivity index (χ1) is 13.5. The highest BCUT2D eigenvalue weighted by Crippen LogP contribution is 2.75. The Labute approximate surface area is 168 Å². The van der Waals surface area contributed by atoms with Crippen LogP contribution in [0.4, 0.5) is 0 Å². The minimum atomic E-state index is 0.298. The van der Waals surface area contributed by atoms with Crippen molar-refractivity contribution in [2.24, 2.45) is 34.0 Å². The van der Waals surface area contributed by atoms with Crippen molar-refractivity contribution in [2.45, 2.75) is 71.3 Å². The number of aromatic nitrogens is 1. The molecule has 1 spiro atoms. The average molecular weight is 377 g/mol. The third-order valence-corrected chi connectivity index (χ3v) is 10.2. The van der Waals surface area contributed by atoms with Crippen LogP contribution in [-0.2, 0) is 4.79 Å². The number of pyridine rings is 1. The van der Waals surface area contributed by atoms with Crippen LogP contribution in [0, 0.1) is 34.0 Å². The van der Waals surface area contributed by atoms with Gasteiger partial charge in [0.05, 0.1) is 0 Å². The highest BCUT2D eigenvalue weighted by atomic mass is 16.1. The van der Waals surface area contributed by atoms with Crippen molar-refractivity contribution in [3.05, 3.63) is 36.2 Å². The Bertz CT molecular complexity index is 863. The maximum Gasteiger partial charge on any atom is 0.220 e. The van der Waals surface area contributed by atoms with Crippen LogP contribution < -0.4 is 5.32 Å². The standard InChI is InChI=1S/C25H32N2O/c1-23-10-8-20-17(19(23)6-5-18(23)16-4-3-13-26-15-16)7-12-25-14-21(25)27-22(28)9-11-24(20,25)2/h3-5,13,15,17,19-21H,6-12,14H2,1-2H3,(H,27,28). The van der Waals surface area contributed by atoms with Crippen LogP contribution in [0.15, 0.2) is 30.6 Å². The van der Waals surface area contributed by atoms with Gasteiger partial charge in [-0.15, -0.1) is 0 Å². The lowest BCUT2D eigenvalue weighted by atomic mass is 9.45. The van der Waals surface area contributed by atoms with Crippen LogP contribution in [0.5, 0.6) is 0 Å². The molecule has 1 aliphatic heterocycles. The fraction of sp³-hybridized carbons (Fsp3) is 0.680. The molecule has 1 saturated heterocycles. The van der Waals surface area contributed by atoms with E-state index in [1.54, 1.807) is 5.57 Å². The molecule has 1 amide bonds. The van der Waals surface area contributed by atoms with Gasteiger partial charge < -0.3 is 5.32 Å². The number of hydrogen-bond donors (Lipinski definition) is 1. The zero-order valence-electron chi connectivity index (χ0n) is 17.2. The summed E-state index contributed by atoms with van der Waals surface area (Å²) in [5, 5.41) is 3.35. The number of allylic oxidation sites excluding steroid dienone is 2. The SMILES string of the molecule is CC12CCC3C(CCC45CC4NC(=O)CCC35C)C1CC=C2c1cccnc1. The van der Waals surface area contributed by atoms with Gasteiger partial charge in [-0.3, -0.25) is 9.78 Å². The van der Waals surface area contributed by atoms with E-state index < -0.39 is 0 Å². The summed E-state index contributed by atoms with van der Waals surface area (Å²) >= 11 is 0. The molecule has 1 aromatic rings. The van der Waals surface area contributed by atoms with E-state index in [0.29, 0.717) is 28.2 Å². The number of nitrogens with one attached hydrogen (secondary N) is 1. The summed E-state index contributed by atoms with van der Waals surface area (Å²) in [6, 6.07) is 4.79. The second-order valence-electron chi connectivity index (χ2n) is 10.9. The molecule has 4 fully saturated rings. The molecule has 3 saturated carbocycles. The Morgan fingerprint density at radius 1 is 1.14 bits per heavy atom. The molecule has 0 bridgehead atoms. The molecule has 2 heterocycles. The maximum atomic E-state index is 12.3. The van der Waals surface area contributed by atoms with E-state index in [4.69, 9.17) is 0 Å². The lowest BCUT2D eigenvalue weighted by Crippen LogP contribution is -2.53. The van der Waals surface area contributed by atoms with E-state index in [1.807, 2.05) is 6.20 Å². The zero-order valence-corrected chi connectivity index (χ0v) is 17.2. The van der Waals surface area contributed by atoms with E-state index >= 15 is 0 Å². The molecule has 3 heteroatoms. The fourth-order valence-corrected chi connectivity index (χ4v) is 8.57. The molecule has 5 aliphatic rings. The van der Waals surface area contributed by atoms with Gasteiger partial charge in [0.1, 0.15) is 0 Å². The van der Waals surface area contributed by atoms with E-state index in [2.05, 4.69) is 48.6 Å². The lowest BCUT2D eigenvalue weighted by Gasteiger charge is -2.59. The van der Waals surface area contributed by atoms with Crippen molar-refractivity contribution in [2.75, 3.05) is 0 Å². The van der Waals surface area contributed by atoms with Gasteiger partial charge in [0.15, 0.2) is 0 Å². The average Bonchev–Trinajstić information content (AvgIpc) is 3.29. The number of hydrogen-bond acceptors (Lipinski definition) is 2. The summed E-state index contributed by atoms with van der Waals surface area (Å²) in [7, 11) is 0. The zero-order chi connectivity index (χ0) is 19.1. The maximum absolute atomic E-state index is 12.3. The molecule has 148 valence electrons. The molecule has 7 unspecified atom stereocenters. The number of rotatable bonds is 1. The van der Waals surface area contributed by atoms with Crippen LogP contribution in [0.2, 0.25) is 0 Å². The van der Waals surface area contributed by atoms with E-state index in [-0.39, 0.29) is 0 Å². The molecule has 6 rings (SSSR count). The summed E-state index contributed by atoms with van der Waals surface area (Å²) in [4.78, 5) is 16.7. The highest BCUT2D eigenvalue weighted by molar-refractivity contribution is 5.77. The summed E-state index contributed by atoms with van der Waals surface area (Å²) in [6.45, 7) is 5.10. The normalized spacial score (nSPS) is 48.9.